The molecule has 0 radical (unpaired) electrons. The summed E-state index contributed by atoms with van der Waals surface area (Å²) in [7, 11) is 0. The number of nitrogens with zero attached hydrogens (tertiary/aromatic N) is 3. The van der Waals surface area contributed by atoms with Gasteiger partial charge in [-0.15, -0.1) is 10.2 Å². The van der Waals surface area contributed by atoms with Crippen molar-refractivity contribution in [1.29, 1.82) is 0 Å². The number of benzene rings is 2. The topological polar surface area (TPSA) is 91.3 Å². The first-order valence-electron chi connectivity index (χ1n) is 7.07. The van der Waals surface area contributed by atoms with Gasteiger partial charge in [-0.1, -0.05) is 42.1 Å². The Morgan fingerprint density at radius 1 is 1.12 bits per heavy atom. The van der Waals surface area contributed by atoms with Gasteiger partial charge in [0.15, 0.2) is 6.61 Å². The van der Waals surface area contributed by atoms with E-state index in [2.05, 4.69) is 10.2 Å². The number of rotatable bonds is 7. The van der Waals surface area contributed by atoms with E-state index < -0.39 is 4.92 Å². The van der Waals surface area contributed by atoms with E-state index >= 15 is 0 Å². The minimum absolute atomic E-state index is 0.0654. The Morgan fingerprint density at radius 2 is 1.96 bits per heavy atom. The standard InChI is InChI=1S/C16H13N3O4S/c20-19(21)13-6-4-5-12(9-13)11-24-16-18-17-15(23-16)10-22-14-7-2-1-3-8-14/h1-9H,10-11H2. The molecular formula is C16H13N3O4S. The molecule has 0 aliphatic carbocycles. The lowest BCUT2D eigenvalue weighted by atomic mass is 10.2. The molecule has 0 spiro atoms. The molecule has 0 unspecified atom stereocenters. The average Bonchev–Trinajstić information content (AvgIpc) is 3.07. The number of nitro groups is 1. The minimum Gasteiger partial charge on any atom is -0.484 e. The Labute approximate surface area is 141 Å². The lowest BCUT2D eigenvalue weighted by Gasteiger charge is -2.01. The van der Waals surface area contributed by atoms with Crippen LogP contribution >= 0.6 is 11.8 Å². The summed E-state index contributed by atoms with van der Waals surface area (Å²) < 4.78 is 11.0. The molecule has 0 fully saturated rings. The number of para-hydroxylation sites is 1. The summed E-state index contributed by atoms with van der Waals surface area (Å²) >= 11 is 1.32. The predicted octanol–water partition coefficient (Wildman–Crippen LogP) is 3.85. The first-order valence-corrected chi connectivity index (χ1v) is 8.05. The van der Waals surface area contributed by atoms with Crippen LogP contribution in [0.4, 0.5) is 5.69 Å². The molecular weight excluding hydrogens is 330 g/mol. The molecule has 3 aromatic rings. The van der Waals surface area contributed by atoms with Crippen molar-refractivity contribution in [2.24, 2.45) is 0 Å². The zero-order valence-corrected chi connectivity index (χ0v) is 13.3. The number of hydrogen-bond donors (Lipinski definition) is 0. The first kappa shape index (κ1) is 16.0. The third-order valence-electron chi connectivity index (χ3n) is 3.04. The van der Waals surface area contributed by atoms with Gasteiger partial charge in [-0.25, -0.2) is 0 Å². The van der Waals surface area contributed by atoms with Crippen LogP contribution in [0.3, 0.4) is 0 Å². The molecule has 0 aliphatic rings. The largest absolute Gasteiger partial charge is 0.484 e. The molecule has 0 amide bonds. The Bertz CT molecular complexity index is 823. The first-order chi connectivity index (χ1) is 11.7. The lowest BCUT2D eigenvalue weighted by Crippen LogP contribution is -1.95. The molecule has 1 heterocycles. The molecule has 122 valence electrons. The molecule has 8 heteroatoms. The van der Waals surface area contributed by atoms with E-state index in [0.717, 1.165) is 11.3 Å². The van der Waals surface area contributed by atoms with Crippen LogP contribution in [-0.2, 0) is 12.4 Å². The third kappa shape index (κ3) is 4.32. The fraction of sp³-hybridized carbons (Fsp3) is 0.125. The van der Waals surface area contributed by atoms with Crippen LogP contribution in [0.15, 0.2) is 64.2 Å². The average molecular weight is 343 g/mol. The highest BCUT2D eigenvalue weighted by atomic mass is 32.2. The quantitative estimate of drug-likeness (QED) is 0.365. The van der Waals surface area contributed by atoms with Crippen molar-refractivity contribution in [3.63, 3.8) is 0 Å². The molecule has 24 heavy (non-hydrogen) atoms. The molecule has 0 N–H and O–H groups in total. The maximum atomic E-state index is 10.8. The lowest BCUT2D eigenvalue weighted by molar-refractivity contribution is -0.384. The van der Waals surface area contributed by atoms with Crippen LogP contribution in [-0.4, -0.2) is 15.1 Å². The zero-order chi connectivity index (χ0) is 16.8. The van der Waals surface area contributed by atoms with E-state index in [4.69, 9.17) is 9.15 Å². The van der Waals surface area contributed by atoms with Gasteiger partial charge >= 0.3 is 0 Å². The minimum atomic E-state index is -0.417. The fourth-order valence-corrected chi connectivity index (χ4v) is 2.64. The summed E-state index contributed by atoms with van der Waals surface area (Å²) in [4.78, 5) is 10.3. The number of hydrogen-bond acceptors (Lipinski definition) is 7. The Balaban J connectivity index is 1.54. The van der Waals surface area contributed by atoms with Gasteiger partial charge in [-0.05, 0) is 17.7 Å². The fourth-order valence-electron chi connectivity index (χ4n) is 1.92. The second-order valence-corrected chi connectivity index (χ2v) is 5.71. The Kier molecular flexibility index (Phi) is 5.07. The number of ether oxygens (including phenoxy) is 1. The van der Waals surface area contributed by atoms with E-state index in [-0.39, 0.29) is 12.3 Å². The van der Waals surface area contributed by atoms with Gasteiger partial charge in [0, 0.05) is 17.9 Å². The maximum Gasteiger partial charge on any atom is 0.277 e. The van der Waals surface area contributed by atoms with Crippen molar-refractivity contribution in [3.05, 3.63) is 76.2 Å². The number of thioether (sulfide) groups is 1. The Morgan fingerprint density at radius 3 is 2.75 bits per heavy atom. The summed E-state index contributed by atoms with van der Waals surface area (Å²) in [6, 6.07) is 15.8. The molecule has 7 nitrogen and oxygen atoms in total. The van der Waals surface area contributed by atoms with Gasteiger partial charge in [0.05, 0.1) is 4.92 Å². The second-order valence-electron chi connectivity index (χ2n) is 4.78. The summed E-state index contributed by atoms with van der Waals surface area (Å²) in [6.45, 7) is 0.189. The zero-order valence-electron chi connectivity index (χ0n) is 12.5. The van der Waals surface area contributed by atoms with E-state index in [1.54, 1.807) is 6.07 Å². The van der Waals surface area contributed by atoms with E-state index in [1.807, 2.05) is 36.4 Å². The molecule has 0 aliphatic heterocycles. The number of non-ortho nitro benzene ring substituents is 1. The van der Waals surface area contributed by atoms with E-state index in [0.29, 0.717) is 16.9 Å². The molecule has 0 atom stereocenters. The molecule has 1 aromatic heterocycles. The highest BCUT2D eigenvalue weighted by Gasteiger charge is 2.10. The van der Waals surface area contributed by atoms with Crippen molar-refractivity contribution in [1.82, 2.24) is 10.2 Å². The van der Waals surface area contributed by atoms with Crippen LogP contribution in [0.25, 0.3) is 0 Å². The van der Waals surface area contributed by atoms with Crippen LogP contribution in [0.2, 0.25) is 0 Å². The highest BCUT2D eigenvalue weighted by Crippen LogP contribution is 2.24. The smallest absolute Gasteiger partial charge is 0.277 e. The summed E-state index contributed by atoms with van der Waals surface area (Å²) in [6.07, 6.45) is 0. The monoisotopic (exact) mass is 343 g/mol. The predicted molar refractivity (Wildman–Crippen MR) is 87.7 cm³/mol. The number of aromatic nitrogens is 2. The van der Waals surface area contributed by atoms with Crippen LogP contribution in [0, 0.1) is 10.1 Å². The van der Waals surface area contributed by atoms with Crippen LogP contribution in [0.5, 0.6) is 5.75 Å². The van der Waals surface area contributed by atoms with Gasteiger partial charge in [-0.3, -0.25) is 10.1 Å². The van der Waals surface area contributed by atoms with Crippen LogP contribution in [0.1, 0.15) is 11.5 Å². The highest BCUT2D eigenvalue weighted by molar-refractivity contribution is 7.98. The van der Waals surface area contributed by atoms with Crippen molar-refractivity contribution in [2.45, 2.75) is 17.6 Å². The summed E-state index contributed by atoms with van der Waals surface area (Å²) in [5.41, 5.74) is 0.880. The van der Waals surface area contributed by atoms with Crippen molar-refractivity contribution in [3.8, 4) is 5.75 Å². The molecule has 0 bridgehead atoms. The molecule has 0 saturated carbocycles. The van der Waals surface area contributed by atoms with Crippen LogP contribution < -0.4 is 4.74 Å². The summed E-state index contributed by atoms with van der Waals surface area (Å²) in [5, 5.41) is 19.0. The normalized spacial score (nSPS) is 10.5. The van der Waals surface area contributed by atoms with Gasteiger partial charge in [0.25, 0.3) is 16.8 Å². The van der Waals surface area contributed by atoms with Gasteiger partial charge in [0.1, 0.15) is 5.75 Å². The van der Waals surface area contributed by atoms with E-state index in [9.17, 15) is 10.1 Å². The number of nitro benzene ring substituents is 1. The van der Waals surface area contributed by atoms with E-state index in [1.165, 1.54) is 23.9 Å². The second kappa shape index (κ2) is 7.60. The van der Waals surface area contributed by atoms with Crippen molar-refractivity contribution >= 4 is 17.4 Å². The molecule has 3 rings (SSSR count). The van der Waals surface area contributed by atoms with Crippen molar-refractivity contribution in [2.75, 3.05) is 0 Å². The maximum absolute atomic E-state index is 10.8. The van der Waals surface area contributed by atoms with Gasteiger partial charge in [0.2, 0.25) is 0 Å². The van der Waals surface area contributed by atoms with Crippen molar-refractivity contribution < 1.29 is 14.1 Å². The van der Waals surface area contributed by atoms with Gasteiger partial charge < -0.3 is 9.15 Å². The summed E-state index contributed by atoms with van der Waals surface area (Å²) in [5.74, 6) is 1.60. The van der Waals surface area contributed by atoms with Gasteiger partial charge in [-0.2, -0.15) is 0 Å². The molecule has 2 aromatic carbocycles. The Hall–Kier alpha value is -2.87. The third-order valence-corrected chi connectivity index (χ3v) is 3.93. The SMILES string of the molecule is O=[N+]([O-])c1cccc(CSc2nnc(COc3ccccc3)o2)c1. The molecule has 0 saturated heterocycles.